The van der Waals surface area contributed by atoms with Crippen molar-refractivity contribution in [2.45, 2.75) is 51.1 Å². The topological polar surface area (TPSA) is 78.7 Å². The second kappa shape index (κ2) is 10.1. The fourth-order valence-electron chi connectivity index (χ4n) is 4.13. The number of benzene rings is 1. The van der Waals surface area contributed by atoms with E-state index in [1.165, 1.54) is 12.1 Å². The van der Waals surface area contributed by atoms with Crippen LogP contribution in [-0.4, -0.2) is 53.5 Å². The van der Waals surface area contributed by atoms with E-state index < -0.39 is 5.82 Å². The number of carbonyl (C=O) groups excluding carboxylic acids is 2. The molecular weight excluding hydrogens is 383 g/mol. The van der Waals surface area contributed by atoms with Gasteiger partial charge in [0.1, 0.15) is 5.82 Å². The Bertz CT molecular complexity index is 688. The minimum atomic E-state index is -0.469. The second-order valence-corrected chi connectivity index (χ2v) is 7.65. The van der Waals surface area contributed by atoms with E-state index in [0.717, 1.165) is 38.6 Å². The van der Waals surface area contributed by atoms with Gasteiger partial charge in [0, 0.05) is 31.7 Å². The maximum absolute atomic E-state index is 13.8. The van der Waals surface area contributed by atoms with Crippen LogP contribution in [0.5, 0.6) is 0 Å². The highest BCUT2D eigenvalue weighted by Crippen LogP contribution is 2.26. The zero-order valence-corrected chi connectivity index (χ0v) is 17.1. The first-order chi connectivity index (χ1) is 13.0. The number of urea groups is 1. The van der Waals surface area contributed by atoms with E-state index in [-0.39, 0.29) is 48.0 Å². The van der Waals surface area contributed by atoms with E-state index in [9.17, 15) is 14.0 Å². The van der Waals surface area contributed by atoms with E-state index >= 15 is 0 Å². The largest absolute Gasteiger partial charge is 0.338 e. The normalized spacial score (nSPS) is 23.5. The molecule has 0 spiro atoms. The number of hydrogen-bond donors (Lipinski definition) is 2. The standard InChI is InChI=1S/C20H29FN4O2.ClH/c1-14(22)18-10-4-5-12-25(18)19(26)15-7-6-11-24(13-15)20(27)23-17-9-3-2-8-16(17)21;/h2-3,8-9,14-15,18H,4-7,10-13,22H2,1H3,(H,23,27);1H. The molecule has 0 aliphatic carbocycles. The third kappa shape index (κ3) is 5.14. The van der Waals surface area contributed by atoms with Crippen molar-refractivity contribution in [2.24, 2.45) is 11.7 Å². The Balaban J connectivity index is 0.00000280. The number of carbonyl (C=O) groups is 2. The first-order valence-corrected chi connectivity index (χ1v) is 9.84. The predicted molar refractivity (Wildman–Crippen MR) is 110 cm³/mol. The Hall–Kier alpha value is -1.86. The summed E-state index contributed by atoms with van der Waals surface area (Å²) < 4.78 is 13.8. The van der Waals surface area contributed by atoms with Crippen LogP contribution >= 0.6 is 12.4 Å². The summed E-state index contributed by atoms with van der Waals surface area (Å²) in [6, 6.07) is 5.75. The van der Waals surface area contributed by atoms with E-state index in [0.29, 0.717) is 13.1 Å². The van der Waals surface area contributed by atoms with Gasteiger partial charge in [-0.05, 0) is 51.2 Å². The summed E-state index contributed by atoms with van der Waals surface area (Å²) in [4.78, 5) is 29.2. The van der Waals surface area contributed by atoms with Crippen molar-refractivity contribution >= 4 is 30.0 Å². The molecule has 2 heterocycles. The van der Waals surface area contributed by atoms with Crippen molar-refractivity contribution in [2.75, 3.05) is 25.0 Å². The summed E-state index contributed by atoms with van der Waals surface area (Å²) in [5, 5.41) is 2.61. The molecule has 3 rings (SSSR count). The zero-order chi connectivity index (χ0) is 19.4. The van der Waals surface area contributed by atoms with E-state index in [4.69, 9.17) is 5.73 Å². The Morgan fingerprint density at radius 3 is 2.64 bits per heavy atom. The lowest BCUT2D eigenvalue weighted by Crippen LogP contribution is -2.55. The minimum absolute atomic E-state index is 0. The summed E-state index contributed by atoms with van der Waals surface area (Å²) in [6.45, 7) is 3.62. The first kappa shape index (κ1) is 22.4. The molecule has 0 radical (unpaired) electrons. The van der Waals surface area contributed by atoms with Gasteiger partial charge in [0.25, 0.3) is 0 Å². The molecule has 0 aromatic heterocycles. The molecular formula is C20H30ClFN4O2. The fourth-order valence-corrected chi connectivity index (χ4v) is 4.13. The second-order valence-electron chi connectivity index (χ2n) is 7.65. The number of rotatable bonds is 3. The number of hydrogen-bond acceptors (Lipinski definition) is 3. The smallest absolute Gasteiger partial charge is 0.321 e. The number of nitrogens with two attached hydrogens (primary N) is 1. The molecule has 1 aromatic rings. The molecule has 3 unspecified atom stereocenters. The van der Waals surface area contributed by atoms with Crippen molar-refractivity contribution in [1.29, 1.82) is 0 Å². The monoisotopic (exact) mass is 412 g/mol. The Kier molecular flexibility index (Phi) is 8.07. The van der Waals surface area contributed by atoms with Crippen LogP contribution in [0.25, 0.3) is 0 Å². The van der Waals surface area contributed by atoms with Crippen LogP contribution in [0.15, 0.2) is 24.3 Å². The molecule has 0 saturated carbocycles. The van der Waals surface area contributed by atoms with Crippen LogP contribution in [0, 0.1) is 11.7 Å². The van der Waals surface area contributed by atoms with Gasteiger partial charge >= 0.3 is 6.03 Å². The SMILES string of the molecule is CC(N)C1CCCCN1C(=O)C1CCCN(C(=O)Nc2ccccc2F)C1.Cl. The molecule has 28 heavy (non-hydrogen) atoms. The van der Waals surface area contributed by atoms with Gasteiger partial charge in [-0.15, -0.1) is 12.4 Å². The summed E-state index contributed by atoms with van der Waals surface area (Å²) >= 11 is 0. The average Bonchev–Trinajstić information content (AvgIpc) is 2.69. The van der Waals surface area contributed by atoms with Gasteiger partial charge in [0.05, 0.1) is 11.6 Å². The van der Waals surface area contributed by atoms with Gasteiger partial charge < -0.3 is 20.9 Å². The molecule has 1 aromatic carbocycles. The highest BCUT2D eigenvalue weighted by Gasteiger charge is 2.36. The van der Waals surface area contributed by atoms with Crippen molar-refractivity contribution in [1.82, 2.24) is 9.80 Å². The number of nitrogens with zero attached hydrogens (tertiary/aromatic N) is 2. The van der Waals surface area contributed by atoms with E-state index in [2.05, 4.69) is 5.32 Å². The van der Waals surface area contributed by atoms with Gasteiger partial charge in [0.2, 0.25) is 5.91 Å². The lowest BCUT2D eigenvalue weighted by Gasteiger charge is -2.41. The van der Waals surface area contributed by atoms with Crippen LogP contribution in [0.2, 0.25) is 0 Å². The summed E-state index contributed by atoms with van der Waals surface area (Å²) in [5.41, 5.74) is 6.25. The quantitative estimate of drug-likeness (QED) is 0.800. The Morgan fingerprint density at radius 1 is 1.18 bits per heavy atom. The molecule has 2 aliphatic heterocycles. The maximum Gasteiger partial charge on any atom is 0.321 e. The number of anilines is 1. The zero-order valence-electron chi connectivity index (χ0n) is 16.3. The maximum atomic E-state index is 13.8. The summed E-state index contributed by atoms with van der Waals surface area (Å²) in [7, 11) is 0. The van der Waals surface area contributed by atoms with Crippen molar-refractivity contribution < 1.29 is 14.0 Å². The summed E-state index contributed by atoms with van der Waals surface area (Å²) in [6.07, 6.45) is 4.56. The number of para-hydroxylation sites is 1. The molecule has 156 valence electrons. The third-order valence-electron chi connectivity index (χ3n) is 5.61. The lowest BCUT2D eigenvalue weighted by molar-refractivity contribution is -0.141. The van der Waals surface area contributed by atoms with Crippen LogP contribution in [0.4, 0.5) is 14.9 Å². The van der Waals surface area contributed by atoms with Crippen LogP contribution in [-0.2, 0) is 4.79 Å². The van der Waals surface area contributed by atoms with Crippen molar-refractivity contribution in [3.05, 3.63) is 30.1 Å². The number of piperidine rings is 2. The first-order valence-electron chi connectivity index (χ1n) is 9.84. The summed E-state index contributed by atoms with van der Waals surface area (Å²) in [5.74, 6) is -0.589. The molecule has 0 bridgehead atoms. The Morgan fingerprint density at radius 2 is 1.93 bits per heavy atom. The van der Waals surface area contributed by atoms with Gasteiger partial charge in [0.15, 0.2) is 0 Å². The van der Waals surface area contributed by atoms with Crippen LogP contribution < -0.4 is 11.1 Å². The van der Waals surface area contributed by atoms with Gasteiger partial charge in [-0.25, -0.2) is 9.18 Å². The number of amides is 3. The van der Waals surface area contributed by atoms with Crippen molar-refractivity contribution in [3.8, 4) is 0 Å². The van der Waals surface area contributed by atoms with E-state index in [1.54, 1.807) is 17.0 Å². The molecule has 2 aliphatic rings. The van der Waals surface area contributed by atoms with Crippen LogP contribution in [0.1, 0.15) is 39.0 Å². The van der Waals surface area contributed by atoms with Crippen molar-refractivity contribution in [3.63, 3.8) is 0 Å². The molecule has 3 amide bonds. The molecule has 8 heteroatoms. The van der Waals surface area contributed by atoms with Gasteiger partial charge in [-0.1, -0.05) is 12.1 Å². The lowest BCUT2D eigenvalue weighted by atomic mass is 9.91. The number of halogens is 2. The van der Waals surface area contributed by atoms with Gasteiger partial charge in [-0.3, -0.25) is 4.79 Å². The average molecular weight is 413 g/mol. The highest BCUT2D eigenvalue weighted by atomic mass is 35.5. The van der Waals surface area contributed by atoms with Gasteiger partial charge in [-0.2, -0.15) is 0 Å². The highest BCUT2D eigenvalue weighted by molar-refractivity contribution is 5.90. The molecule has 2 saturated heterocycles. The van der Waals surface area contributed by atoms with Crippen LogP contribution in [0.3, 0.4) is 0 Å². The fraction of sp³-hybridized carbons (Fsp3) is 0.600. The Labute approximate surface area is 172 Å². The third-order valence-corrected chi connectivity index (χ3v) is 5.61. The number of likely N-dealkylation sites (tertiary alicyclic amines) is 2. The minimum Gasteiger partial charge on any atom is -0.338 e. The molecule has 3 atom stereocenters. The molecule has 2 fully saturated rings. The van der Waals surface area contributed by atoms with E-state index in [1.807, 2.05) is 11.8 Å². The molecule has 3 N–H and O–H groups in total. The predicted octanol–water partition coefficient (Wildman–Crippen LogP) is 3.22. The number of nitrogens with one attached hydrogen (secondary N) is 1. The molecule has 6 nitrogen and oxygen atoms in total.